The van der Waals surface area contributed by atoms with E-state index in [4.69, 9.17) is 0 Å². The Morgan fingerprint density at radius 2 is 2.24 bits per heavy atom. The number of hydrogen-bond acceptors (Lipinski definition) is 4. The van der Waals surface area contributed by atoms with Crippen molar-refractivity contribution in [2.45, 2.75) is 13.5 Å². The number of carbonyl (C=O) groups excluding carboxylic acids is 1. The van der Waals surface area contributed by atoms with Gasteiger partial charge in [-0.25, -0.2) is 0 Å². The molecular weight excluding hydrogens is 222 g/mol. The van der Waals surface area contributed by atoms with E-state index in [2.05, 4.69) is 10.6 Å². The van der Waals surface area contributed by atoms with Gasteiger partial charge in [-0.2, -0.15) is 0 Å². The van der Waals surface area contributed by atoms with Crippen molar-refractivity contribution in [1.29, 1.82) is 0 Å². The lowest BCUT2D eigenvalue weighted by Gasteiger charge is -2.04. The minimum Gasteiger partial charge on any atom is -0.355 e. The van der Waals surface area contributed by atoms with Crippen LogP contribution in [0.15, 0.2) is 24.3 Å². The van der Waals surface area contributed by atoms with E-state index in [9.17, 15) is 14.9 Å². The third-order valence-corrected chi connectivity index (χ3v) is 2.11. The fourth-order valence-corrected chi connectivity index (χ4v) is 1.36. The molecule has 0 heterocycles. The summed E-state index contributed by atoms with van der Waals surface area (Å²) in [5, 5.41) is 16.1. The molecule has 0 spiro atoms. The zero-order valence-electron chi connectivity index (χ0n) is 9.60. The van der Waals surface area contributed by atoms with Crippen LogP contribution < -0.4 is 10.6 Å². The van der Waals surface area contributed by atoms with Crippen molar-refractivity contribution in [2.75, 3.05) is 13.1 Å². The molecule has 1 rings (SSSR count). The summed E-state index contributed by atoms with van der Waals surface area (Å²) in [5.74, 6) is -0.0852. The quantitative estimate of drug-likeness (QED) is 0.566. The number of nitro groups is 1. The zero-order chi connectivity index (χ0) is 12.7. The van der Waals surface area contributed by atoms with Crippen LogP contribution in [0, 0.1) is 10.1 Å². The van der Waals surface area contributed by atoms with Crippen LogP contribution in [0.3, 0.4) is 0 Å². The number of likely N-dealkylation sites (N-methyl/N-ethyl adjacent to an activating group) is 1. The van der Waals surface area contributed by atoms with Gasteiger partial charge in [0.1, 0.15) is 0 Å². The first kappa shape index (κ1) is 13.1. The van der Waals surface area contributed by atoms with Crippen LogP contribution >= 0.6 is 0 Å². The van der Waals surface area contributed by atoms with Crippen LogP contribution in [0.1, 0.15) is 12.5 Å². The summed E-state index contributed by atoms with van der Waals surface area (Å²) in [4.78, 5) is 21.2. The van der Waals surface area contributed by atoms with Gasteiger partial charge in [-0.15, -0.1) is 0 Å². The minimum absolute atomic E-state index is 0.0577. The summed E-state index contributed by atoms with van der Waals surface area (Å²) in [5.41, 5.74) is 0.839. The summed E-state index contributed by atoms with van der Waals surface area (Å²) in [6.07, 6.45) is 0. The molecule has 2 N–H and O–H groups in total. The summed E-state index contributed by atoms with van der Waals surface area (Å²) in [6, 6.07) is 6.33. The molecule has 0 aliphatic carbocycles. The lowest BCUT2D eigenvalue weighted by molar-refractivity contribution is -0.384. The first-order valence-corrected chi connectivity index (χ1v) is 5.34. The summed E-state index contributed by atoms with van der Waals surface area (Å²) in [6.45, 7) is 3.07. The average molecular weight is 237 g/mol. The number of benzene rings is 1. The van der Waals surface area contributed by atoms with Crippen molar-refractivity contribution in [3.63, 3.8) is 0 Å². The van der Waals surface area contributed by atoms with Gasteiger partial charge < -0.3 is 10.6 Å². The van der Waals surface area contributed by atoms with E-state index in [1.807, 2.05) is 6.92 Å². The smallest absolute Gasteiger partial charge is 0.269 e. The second kappa shape index (κ2) is 6.59. The van der Waals surface area contributed by atoms with Gasteiger partial charge in [-0.05, 0) is 12.5 Å². The Morgan fingerprint density at radius 3 is 2.88 bits per heavy atom. The van der Waals surface area contributed by atoms with Crippen molar-refractivity contribution in [1.82, 2.24) is 10.6 Å². The van der Waals surface area contributed by atoms with E-state index < -0.39 is 4.92 Å². The van der Waals surface area contributed by atoms with E-state index >= 15 is 0 Å². The lowest BCUT2D eigenvalue weighted by Crippen LogP contribution is -2.33. The number of amides is 1. The maximum atomic E-state index is 11.1. The Kier molecular flexibility index (Phi) is 5.09. The molecule has 0 fully saturated rings. The molecule has 0 atom stereocenters. The predicted octanol–water partition coefficient (Wildman–Crippen LogP) is 0.820. The van der Waals surface area contributed by atoms with Crippen molar-refractivity contribution < 1.29 is 9.72 Å². The molecule has 0 saturated heterocycles. The molecule has 0 saturated carbocycles. The molecular formula is C11H15N3O3. The highest BCUT2D eigenvalue weighted by atomic mass is 16.6. The van der Waals surface area contributed by atoms with Gasteiger partial charge in [0.2, 0.25) is 5.91 Å². The first-order chi connectivity index (χ1) is 8.13. The van der Waals surface area contributed by atoms with Gasteiger partial charge in [0.15, 0.2) is 0 Å². The molecule has 17 heavy (non-hydrogen) atoms. The van der Waals surface area contributed by atoms with Crippen molar-refractivity contribution >= 4 is 11.6 Å². The molecule has 0 aliphatic rings. The van der Waals surface area contributed by atoms with Crippen molar-refractivity contribution in [3.8, 4) is 0 Å². The Bertz CT molecular complexity index is 407. The van der Waals surface area contributed by atoms with Gasteiger partial charge in [0, 0.05) is 25.2 Å². The van der Waals surface area contributed by atoms with Crippen LogP contribution in [-0.2, 0) is 11.3 Å². The number of nitrogens with one attached hydrogen (secondary N) is 2. The van der Waals surface area contributed by atoms with Gasteiger partial charge in [-0.1, -0.05) is 12.1 Å². The highest BCUT2D eigenvalue weighted by Gasteiger charge is 2.05. The number of nitrogens with zero attached hydrogens (tertiary/aromatic N) is 1. The van der Waals surface area contributed by atoms with Gasteiger partial charge >= 0.3 is 0 Å². The number of nitro benzene ring substituents is 1. The molecule has 1 amide bonds. The molecule has 6 nitrogen and oxygen atoms in total. The van der Waals surface area contributed by atoms with Crippen molar-refractivity contribution in [3.05, 3.63) is 39.9 Å². The largest absolute Gasteiger partial charge is 0.355 e. The molecule has 0 aromatic heterocycles. The SMILES string of the molecule is CCNC(=O)CNCc1cccc([N+](=O)[O-])c1. The van der Waals surface area contributed by atoms with E-state index in [1.54, 1.807) is 12.1 Å². The average Bonchev–Trinajstić information content (AvgIpc) is 2.30. The fourth-order valence-electron chi connectivity index (χ4n) is 1.36. The monoisotopic (exact) mass is 237 g/mol. The van der Waals surface area contributed by atoms with E-state index in [0.29, 0.717) is 13.1 Å². The molecule has 0 radical (unpaired) electrons. The van der Waals surface area contributed by atoms with Gasteiger partial charge in [-0.3, -0.25) is 14.9 Å². The Hall–Kier alpha value is -1.95. The highest BCUT2D eigenvalue weighted by Crippen LogP contribution is 2.12. The van der Waals surface area contributed by atoms with E-state index in [-0.39, 0.29) is 18.1 Å². The van der Waals surface area contributed by atoms with Crippen LogP contribution in [0.25, 0.3) is 0 Å². The molecule has 92 valence electrons. The minimum atomic E-state index is -0.437. The normalized spacial score (nSPS) is 9.94. The fraction of sp³-hybridized carbons (Fsp3) is 0.364. The van der Waals surface area contributed by atoms with Gasteiger partial charge in [0.05, 0.1) is 11.5 Å². The Labute approximate surface area is 99.2 Å². The Balaban J connectivity index is 2.44. The molecule has 0 aliphatic heterocycles. The van der Waals surface area contributed by atoms with Crippen molar-refractivity contribution in [2.24, 2.45) is 0 Å². The molecule has 1 aromatic rings. The number of hydrogen-bond donors (Lipinski definition) is 2. The number of non-ortho nitro benzene ring substituents is 1. The second-order valence-corrected chi connectivity index (χ2v) is 3.48. The van der Waals surface area contributed by atoms with Crippen LogP contribution in [0.5, 0.6) is 0 Å². The standard InChI is InChI=1S/C11H15N3O3/c1-2-13-11(15)8-12-7-9-4-3-5-10(6-9)14(16)17/h3-6,12H,2,7-8H2,1H3,(H,13,15). The molecule has 0 bridgehead atoms. The summed E-state index contributed by atoms with van der Waals surface area (Å²) in [7, 11) is 0. The maximum Gasteiger partial charge on any atom is 0.269 e. The molecule has 6 heteroatoms. The zero-order valence-corrected chi connectivity index (χ0v) is 9.60. The van der Waals surface area contributed by atoms with Crippen LogP contribution in [0.4, 0.5) is 5.69 Å². The maximum absolute atomic E-state index is 11.1. The Morgan fingerprint density at radius 1 is 1.47 bits per heavy atom. The summed E-state index contributed by atoms with van der Waals surface area (Å²) >= 11 is 0. The number of carbonyl (C=O) groups is 1. The molecule has 0 unspecified atom stereocenters. The second-order valence-electron chi connectivity index (χ2n) is 3.48. The topological polar surface area (TPSA) is 84.3 Å². The molecule has 1 aromatic carbocycles. The first-order valence-electron chi connectivity index (χ1n) is 5.34. The van der Waals surface area contributed by atoms with E-state index in [0.717, 1.165) is 5.56 Å². The third kappa shape index (κ3) is 4.60. The highest BCUT2D eigenvalue weighted by molar-refractivity contribution is 5.77. The van der Waals surface area contributed by atoms with Gasteiger partial charge in [0.25, 0.3) is 5.69 Å². The van der Waals surface area contributed by atoms with Crippen LogP contribution in [-0.4, -0.2) is 23.9 Å². The number of rotatable bonds is 6. The van der Waals surface area contributed by atoms with E-state index in [1.165, 1.54) is 12.1 Å². The summed E-state index contributed by atoms with van der Waals surface area (Å²) < 4.78 is 0. The lowest BCUT2D eigenvalue weighted by atomic mass is 10.2. The third-order valence-electron chi connectivity index (χ3n) is 2.11. The predicted molar refractivity (Wildman–Crippen MR) is 63.5 cm³/mol. The van der Waals surface area contributed by atoms with Crippen LogP contribution in [0.2, 0.25) is 0 Å².